The molecule has 0 radical (unpaired) electrons. The van der Waals surface area contributed by atoms with Crippen LogP contribution in [0.15, 0.2) is 18.2 Å². The molecule has 19 heavy (non-hydrogen) atoms. The van der Waals surface area contributed by atoms with Crippen molar-refractivity contribution < 1.29 is 14.2 Å². The molecule has 1 aromatic rings. The molecular formula is C15H25NO3. The zero-order valence-electron chi connectivity index (χ0n) is 12.2. The summed E-state index contributed by atoms with van der Waals surface area (Å²) in [6, 6.07) is 5.94. The van der Waals surface area contributed by atoms with Gasteiger partial charge in [0.25, 0.3) is 0 Å². The molecule has 0 aliphatic heterocycles. The summed E-state index contributed by atoms with van der Waals surface area (Å²) in [5, 5.41) is 3.43. The average molecular weight is 267 g/mol. The molecule has 0 aliphatic rings. The summed E-state index contributed by atoms with van der Waals surface area (Å²) in [5.74, 6) is 1.66. The van der Waals surface area contributed by atoms with Gasteiger partial charge in [-0.1, -0.05) is 0 Å². The molecule has 4 heteroatoms. The minimum Gasteiger partial charge on any atom is -0.497 e. The van der Waals surface area contributed by atoms with Crippen LogP contribution in [0.1, 0.15) is 24.8 Å². The van der Waals surface area contributed by atoms with Crippen LogP contribution in [0.2, 0.25) is 0 Å². The van der Waals surface area contributed by atoms with Gasteiger partial charge in [0.2, 0.25) is 0 Å². The Labute approximate surface area is 116 Å². The van der Waals surface area contributed by atoms with Crippen molar-refractivity contribution in [3.63, 3.8) is 0 Å². The lowest BCUT2D eigenvalue weighted by Crippen LogP contribution is -2.14. The van der Waals surface area contributed by atoms with Crippen LogP contribution >= 0.6 is 0 Å². The number of ether oxygens (including phenoxy) is 3. The molecule has 0 saturated carbocycles. The van der Waals surface area contributed by atoms with Gasteiger partial charge in [-0.2, -0.15) is 0 Å². The van der Waals surface area contributed by atoms with Gasteiger partial charge in [0.15, 0.2) is 0 Å². The van der Waals surface area contributed by atoms with E-state index < -0.39 is 0 Å². The molecule has 0 aromatic heterocycles. The third-order valence-corrected chi connectivity index (χ3v) is 2.94. The van der Waals surface area contributed by atoms with Crippen LogP contribution in [-0.4, -0.2) is 34.5 Å². The van der Waals surface area contributed by atoms with Crippen LogP contribution in [0.3, 0.4) is 0 Å². The Bertz CT molecular complexity index is 333. The van der Waals surface area contributed by atoms with E-state index in [1.165, 1.54) is 18.4 Å². The third kappa shape index (κ3) is 6.45. The highest BCUT2D eigenvalue weighted by atomic mass is 16.5. The summed E-state index contributed by atoms with van der Waals surface area (Å²) in [5.41, 5.74) is 1.17. The van der Waals surface area contributed by atoms with Crippen molar-refractivity contribution in [1.29, 1.82) is 0 Å². The summed E-state index contributed by atoms with van der Waals surface area (Å²) >= 11 is 0. The van der Waals surface area contributed by atoms with Gasteiger partial charge in [-0.25, -0.2) is 0 Å². The van der Waals surface area contributed by atoms with Gasteiger partial charge in [0.1, 0.15) is 11.5 Å². The van der Waals surface area contributed by atoms with Gasteiger partial charge < -0.3 is 19.5 Å². The van der Waals surface area contributed by atoms with E-state index in [4.69, 9.17) is 14.2 Å². The van der Waals surface area contributed by atoms with Crippen LogP contribution in [0.25, 0.3) is 0 Å². The highest BCUT2D eigenvalue weighted by molar-refractivity contribution is 5.38. The van der Waals surface area contributed by atoms with Crippen molar-refractivity contribution >= 4 is 0 Å². The van der Waals surface area contributed by atoms with Gasteiger partial charge in [-0.05, 0) is 43.5 Å². The fourth-order valence-electron chi connectivity index (χ4n) is 1.87. The average Bonchev–Trinajstić information content (AvgIpc) is 2.45. The van der Waals surface area contributed by atoms with Crippen molar-refractivity contribution in [2.75, 3.05) is 34.5 Å². The second kappa shape index (κ2) is 9.64. The number of benzene rings is 1. The van der Waals surface area contributed by atoms with Crippen molar-refractivity contribution in [3.05, 3.63) is 23.8 Å². The topological polar surface area (TPSA) is 39.7 Å². The fourth-order valence-corrected chi connectivity index (χ4v) is 1.87. The second-order valence-corrected chi connectivity index (χ2v) is 4.45. The first-order valence-electron chi connectivity index (χ1n) is 6.71. The van der Waals surface area contributed by atoms with Crippen molar-refractivity contribution in [1.82, 2.24) is 5.32 Å². The van der Waals surface area contributed by atoms with E-state index >= 15 is 0 Å². The van der Waals surface area contributed by atoms with Crippen LogP contribution in [0.4, 0.5) is 0 Å². The van der Waals surface area contributed by atoms with E-state index in [0.717, 1.165) is 37.6 Å². The highest BCUT2D eigenvalue weighted by Crippen LogP contribution is 2.22. The monoisotopic (exact) mass is 267 g/mol. The number of hydrogen-bond acceptors (Lipinski definition) is 4. The molecule has 0 amide bonds. The molecule has 0 bridgehead atoms. The Balaban J connectivity index is 2.28. The SMILES string of the molecule is COCCCCCNCc1cc(OC)cc(OC)c1. The van der Waals surface area contributed by atoms with E-state index in [9.17, 15) is 0 Å². The van der Waals surface area contributed by atoms with Crippen LogP contribution in [0, 0.1) is 0 Å². The molecule has 1 rings (SSSR count). The predicted octanol–water partition coefficient (Wildman–Crippen LogP) is 2.61. The van der Waals surface area contributed by atoms with Gasteiger partial charge in [-0.3, -0.25) is 0 Å². The summed E-state index contributed by atoms with van der Waals surface area (Å²) in [4.78, 5) is 0. The lowest BCUT2D eigenvalue weighted by Gasteiger charge is -2.09. The molecule has 0 saturated heterocycles. The molecule has 108 valence electrons. The smallest absolute Gasteiger partial charge is 0.122 e. The zero-order chi connectivity index (χ0) is 13.9. The molecule has 0 atom stereocenters. The Kier molecular flexibility index (Phi) is 8.02. The number of unbranched alkanes of at least 4 members (excludes halogenated alkanes) is 2. The van der Waals surface area contributed by atoms with Crippen LogP contribution in [0.5, 0.6) is 11.5 Å². The van der Waals surface area contributed by atoms with Gasteiger partial charge in [-0.15, -0.1) is 0 Å². The molecule has 1 aromatic carbocycles. The highest BCUT2D eigenvalue weighted by Gasteiger charge is 2.01. The summed E-state index contributed by atoms with van der Waals surface area (Å²) in [6.07, 6.45) is 3.50. The van der Waals surface area contributed by atoms with Crippen LogP contribution < -0.4 is 14.8 Å². The zero-order valence-corrected chi connectivity index (χ0v) is 12.2. The quantitative estimate of drug-likeness (QED) is 0.661. The second-order valence-electron chi connectivity index (χ2n) is 4.45. The fraction of sp³-hybridized carbons (Fsp3) is 0.600. The Morgan fingerprint density at radius 1 is 0.895 bits per heavy atom. The van der Waals surface area contributed by atoms with Crippen molar-refractivity contribution in [3.8, 4) is 11.5 Å². The molecule has 0 heterocycles. The van der Waals surface area contributed by atoms with E-state index in [0.29, 0.717) is 0 Å². The summed E-state index contributed by atoms with van der Waals surface area (Å²) in [7, 11) is 5.08. The van der Waals surface area contributed by atoms with Gasteiger partial charge >= 0.3 is 0 Å². The van der Waals surface area contributed by atoms with E-state index in [2.05, 4.69) is 5.32 Å². The first kappa shape index (κ1) is 15.8. The molecule has 0 aliphatic carbocycles. The van der Waals surface area contributed by atoms with E-state index in [-0.39, 0.29) is 0 Å². The lowest BCUT2D eigenvalue weighted by atomic mass is 10.2. The molecule has 4 nitrogen and oxygen atoms in total. The van der Waals surface area contributed by atoms with Crippen molar-refractivity contribution in [2.45, 2.75) is 25.8 Å². The van der Waals surface area contributed by atoms with Crippen LogP contribution in [-0.2, 0) is 11.3 Å². The lowest BCUT2D eigenvalue weighted by molar-refractivity contribution is 0.192. The third-order valence-electron chi connectivity index (χ3n) is 2.94. The molecular weight excluding hydrogens is 242 g/mol. The van der Waals surface area contributed by atoms with E-state index in [1.54, 1.807) is 21.3 Å². The summed E-state index contributed by atoms with van der Waals surface area (Å²) in [6.45, 7) is 2.70. The van der Waals surface area contributed by atoms with Crippen molar-refractivity contribution in [2.24, 2.45) is 0 Å². The standard InChI is InChI=1S/C15H25NO3/c1-17-8-6-4-5-7-16-12-13-9-14(18-2)11-15(10-13)19-3/h9-11,16H,4-8,12H2,1-3H3. The largest absolute Gasteiger partial charge is 0.497 e. The molecule has 0 fully saturated rings. The predicted molar refractivity (Wildman–Crippen MR) is 77.0 cm³/mol. The molecule has 1 N–H and O–H groups in total. The number of hydrogen-bond donors (Lipinski definition) is 1. The summed E-state index contributed by atoms with van der Waals surface area (Å²) < 4.78 is 15.5. The van der Waals surface area contributed by atoms with E-state index in [1.807, 2.05) is 18.2 Å². The maximum Gasteiger partial charge on any atom is 0.122 e. The Morgan fingerprint density at radius 2 is 1.58 bits per heavy atom. The minimum absolute atomic E-state index is 0.830. The number of nitrogens with one attached hydrogen (secondary N) is 1. The molecule has 0 spiro atoms. The van der Waals surface area contributed by atoms with Gasteiger partial charge in [0.05, 0.1) is 14.2 Å². The molecule has 0 unspecified atom stereocenters. The number of methoxy groups -OCH3 is 3. The first-order valence-corrected chi connectivity index (χ1v) is 6.71. The van der Waals surface area contributed by atoms with Gasteiger partial charge in [0, 0.05) is 26.3 Å². The maximum absolute atomic E-state index is 5.25. The Morgan fingerprint density at radius 3 is 2.16 bits per heavy atom. The Hall–Kier alpha value is -1.26. The maximum atomic E-state index is 5.25. The number of rotatable bonds is 10. The normalized spacial score (nSPS) is 10.5. The first-order chi connectivity index (χ1) is 9.30. The minimum atomic E-state index is 0.830.